The molecule has 11 aromatic rings. The summed E-state index contributed by atoms with van der Waals surface area (Å²) in [6, 6.07) is 77.6. The van der Waals surface area contributed by atoms with E-state index in [1.807, 2.05) is 6.07 Å². The summed E-state index contributed by atoms with van der Waals surface area (Å²) in [6.07, 6.45) is 0. The molecule has 0 spiro atoms. The number of furan rings is 1. The van der Waals surface area contributed by atoms with Gasteiger partial charge in [0.1, 0.15) is 11.2 Å². The van der Waals surface area contributed by atoms with E-state index in [9.17, 15) is 0 Å². The largest absolute Gasteiger partial charge is 0.455 e. The molecular weight excluding hydrogens is 691 g/mol. The van der Waals surface area contributed by atoms with Gasteiger partial charge in [-0.3, -0.25) is 0 Å². The van der Waals surface area contributed by atoms with E-state index in [-0.39, 0.29) is 0 Å². The van der Waals surface area contributed by atoms with Crippen LogP contribution in [0.4, 0.5) is 0 Å². The normalized spacial score (nSPS) is 13.1. The molecule has 1 aliphatic carbocycles. The fourth-order valence-corrected chi connectivity index (χ4v) is 9.92. The minimum Gasteiger partial charge on any atom is -0.455 e. The van der Waals surface area contributed by atoms with Gasteiger partial charge >= 0.3 is 0 Å². The van der Waals surface area contributed by atoms with Crippen LogP contribution < -0.4 is 0 Å². The summed E-state index contributed by atoms with van der Waals surface area (Å²) in [4.78, 5) is 0. The zero-order chi connectivity index (χ0) is 37.5. The van der Waals surface area contributed by atoms with Gasteiger partial charge in [-0.1, -0.05) is 182 Å². The molecule has 57 heavy (non-hydrogen) atoms. The highest BCUT2D eigenvalue weighted by atomic mass is 16.3. The van der Waals surface area contributed by atoms with Crippen LogP contribution in [-0.2, 0) is 5.41 Å². The predicted molar refractivity (Wildman–Crippen MR) is 236 cm³/mol. The highest BCUT2D eigenvalue weighted by Gasteiger charge is 2.48. The lowest BCUT2D eigenvalue weighted by Gasteiger charge is -2.34. The van der Waals surface area contributed by atoms with Gasteiger partial charge in [0.15, 0.2) is 0 Å². The third kappa shape index (κ3) is 4.53. The fraction of sp³-hybridized carbons (Fsp3) is 0.0182. The number of nitrogens with zero attached hydrogens (tertiary/aromatic N) is 1. The van der Waals surface area contributed by atoms with Gasteiger partial charge in [0.25, 0.3) is 0 Å². The van der Waals surface area contributed by atoms with E-state index in [1.165, 1.54) is 60.8 Å². The summed E-state index contributed by atoms with van der Waals surface area (Å²) in [7, 11) is 0. The molecule has 0 N–H and O–H groups in total. The van der Waals surface area contributed by atoms with E-state index in [0.717, 1.165) is 44.3 Å². The average molecular weight is 726 g/mol. The number of hydrogen-bond acceptors (Lipinski definition) is 1. The molecule has 2 nitrogen and oxygen atoms in total. The number of fused-ring (bicyclic) bond motifs is 10. The Hall–Kier alpha value is -7.42. The van der Waals surface area contributed by atoms with Crippen LogP contribution in [0.15, 0.2) is 217 Å². The van der Waals surface area contributed by atoms with E-state index >= 15 is 0 Å². The summed E-state index contributed by atoms with van der Waals surface area (Å²) in [5, 5.41) is 4.72. The lowest BCUT2D eigenvalue weighted by Crippen LogP contribution is -2.29. The highest BCUT2D eigenvalue weighted by molar-refractivity contribution is 6.14. The van der Waals surface area contributed by atoms with Crippen LogP contribution in [0.1, 0.15) is 22.3 Å². The number of aromatic nitrogens is 1. The smallest absolute Gasteiger partial charge is 0.143 e. The fourth-order valence-electron chi connectivity index (χ4n) is 9.92. The third-order valence-corrected chi connectivity index (χ3v) is 12.2. The zero-order valence-electron chi connectivity index (χ0n) is 31.1. The Kier molecular flexibility index (Phi) is 6.88. The van der Waals surface area contributed by atoms with Crippen molar-refractivity contribution in [2.24, 2.45) is 0 Å². The van der Waals surface area contributed by atoms with Crippen LogP contribution in [-0.4, -0.2) is 4.57 Å². The molecule has 1 aliphatic rings. The summed E-state index contributed by atoms with van der Waals surface area (Å²) in [5.41, 5.74) is 16.9. The molecule has 0 saturated carbocycles. The van der Waals surface area contributed by atoms with Crippen molar-refractivity contribution in [2.75, 3.05) is 0 Å². The Morgan fingerprint density at radius 3 is 1.79 bits per heavy atom. The summed E-state index contributed by atoms with van der Waals surface area (Å²) >= 11 is 0. The van der Waals surface area contributed by atoms with Gasteiger partial charge in [0.2, 0.25) is 0 Å². The molecule has 0 bridgehead atoms. The van der Waals surface area contributed by atoms with E-state index in [1.54, 1.807) is 0 Å². The molecule has 0 radical (unpaired) electrons. The van der Waals surface area contributed by atoms with Crippen molar-refractivity contribution >= 4 is 43.7 Å². The second-order valence-corrected chi connectivity index (χ2v) is 15.2. The van der Waals surface area contributed by atoms with Crippen LogP contribution in [0.5, 0.6) is 0 Å². The first-order chi connectivity index (χ1) is 28.3. The maximum Gasteiger partial charge on any atom is 0.143 e. The predicted octanol–water partition coefficient (Wildman–Crippen LogP) is 14.4. The van der Waals surface area contributed by atoms with Crippen molar-refractivity contribution in [1.29, 1.82) is 0 Å². The summed E-state index contributed by atoms with van der Waals surface area (Å²) < 4.78 is 9.22. The summed E-state index contributed by atoms with van der Waals surface area (Å²) in [5.74, 6) is 0. The van der Waals surface area contributed by atoms with E-state index in [0.29, 0.717) is 0 Å². The minimum absolute atomic E-state index is 0.570. The molecule has 2 aromatic heterocycles. The maximum absolute atomic E-state index is 6.67. The quantitative estimate of drug-likeness (QED) is 0.173. The van der Waals surface area contributed by atoms with Crippen LogP contribution >= 0.6 is 0 Å². The van der Waals surface area contributed by atoms with Crippen LogP contribution in [0, 0.1) is 0 Å². The maximum atomic E-state index is 6.67. The first-order valence-corrected chi connectivity index (χ1v) is 19.7. The van der Waals surface area contributed by atoms with Crippen LogP contribution in [0.3, 0.4) is 0 Å². The molecule has 0 saturated heterocycles. The van der Waals surface area contributed by atoms with Crippen molar-refractivity contribution in [3.63, 3.8) is 0 Å². The van der Waals surface area contributed by atoms with Crippen LogP contribution in [0.25, 0.3) is 82.8 Å². The van der Waals surface area contributed by atoms with Gasteiger partial charge in [-0.2, -0.15) is 0 Å². The molecule has 0 unspecified atom stereocenters. The first-order valence-electron chi connectivity index (χ1n) is 19.7. The average Bonchev–Trinajstić information content (AvgIpc) is 3.94. The molecule has 12 rings (SSSR count). The molecule has 0 fully saturated rings. The van der Waals surface area contributed by atoms with Gasteiger partial charge in [-0.05, 0) is 74.8 Å². The molecule has 266 valence electrons. The molecular formula is C55H35NO. The van der Waals surface area contributed by atoms with Crippen molar-refractivity contribution in [1.82, 2.24) is 4.57 Å². The second kappa shape index (κ2) is 12.3. The molecule has 2 heterocycles. The Morgan fingerprint density at radius 2 is 1.00 bits per heavy atom. The Balaban J connectivity index is 1.25. The molecule has 0 aliphatic heterocycles. The minimum atomic E-state index is -0.570. The first kappa shape index (κ1) is 31.9. The van der Waals surface area contributed by atoms with E-state index < -0.39 is 5.41 Å². The summed E-state index contributed by atoms with van der Waals surface area (Å²) in [6.45, 7) is 0. The van der Waals surface area contributed by atoms with Gasteiger partial charge in [0, 0.05) is 38.4 Å². The lowest BCUT2D eigenvalue weighted by molar-refractivity contribution is 0.670. The highest BCUT2D eigenvalue weighted by Crippen LogP contribution is 2.59. The lowest BCUT2D eigenvalue weighted by atomic mass is 9.67. The third-order valence-electron chi connectivity index (χ3n) is 12.2. The van der Waals surface area contributed by atoms with Gasteiger partial charge in [-0.25, -0.2) is 0 Å². The van der Waals surface area contributed by atoms with E-state index in [4.69, 9.17) is 4.42 Å². The SMILES string of the molecule is c1ccc(-c2cc(-c3cccc4c3oc3ccccc34)cc(-n3c4ccccc4c4ccc5c(c43)C(c3ccccc3)(c3ccccc3)c3ccccc3-5)c2)cc1. The molecule has 2 heteroatoms. The Labute approximate surface area is 330 Å². The van der Waals surface area contributed by atoms with Crippen molar-refractivity contribution in [3.8, 4) is 39.1 Å². The Bertz CT molecular complexity index is 3300. The molecule has 0 atom stereocenters. The van der Waals surface area contributed by atoms with E-state index in [2.05, 4.69) is 211 Å². The van der Waals surface area contributed by atoms with Crippen molar-refractivity contribution in [2.45, 2.75) is 5.41 Å². The van der Waals surface area contributed by atoms with Gasteiger partial charge < -0.3 is 8.98 Å². The van der Waals surface area contributed by atoms with Crippen molar-refractivity contribution < 1.29 is 4.42 Å². The van der Waals surface area contributed by atoms with Crippen LogP contribution in [0.2, 0.25) is 0 Å². The second-order valence-electron chi connectivity index (χ2n) is 15.2. The molecule has 0 amide bonds. The van der Waals surface area contributed by atoms with Gasteiger partial charge in [0.05, 0.1) is 16.4 Å². The number of rotatable bonds is 5. The van der Waals surface area contributed by atoms with Crippen molar-refractivity contribution in [3.05, 3.63) is 235 Å². The molecule has 9 aromatic carbocycles. The topological polar surface area (TPSA) is 18.1 Å². The number of benzene rings is 9. The van der Waals surface area contributed by atoms with Gasteiger partial charge in [-0.15, -0.1) is 0 Å². The standard InChI is InChI=1S/C55H35NO/c1-4-17-36(18-5-1)37-33-38(42-26-16-27-48-45-25-12-15-30-51(45)57-54(42)48)35-41(34-37)56-50-29-14-11-24-44(50)47-32-31-46-43-23-10-13-28-49(43)55(52(46)53(47)56,39-19-6-2-7-20-39)40-21-8-3-9-22-40/h1-35H. The number of para-hydroxylation sites is 3. The Morgan fingerprint density at radius 1 is 0.386 bits per heavy atom. The monoisotopic (exact) mass is 725 g/mol. The number of hydrogen-bond donors (Lipinski definition) is 0. The zero-order valence-corrected chi connectivity index (χ0v) is 31.1.